The number of hydrogen-bond acceptors (Lipinski definition) is 4. The second-order valence-electron chi connectivity index (χ2n) is 9.60. The lowest BCUT2D eigenvalue weighted by Gasteiger charge is -2.37. The van der Waals surface area contributed by atoms with Gasteiger partial charge in [0.1, 0.15) is 5.70 Å². The number of imide groups is 1. The fourth-order valence-corrected chi connectivity index (χ4v) is 5.54. The first-order valence-electron chi connectivity index (χ1n) is 11.8. The molecule has 5 heteroatoms. The van der Waals surface area contributed by atoms with Gasteiger partial charge in [0, 0.05) is 31.9 Å². The van der Waals surface area contributed by atoms with E-state index < -0.39 is 0 Å². The number of carbonyl (C=O) groups is 2. The summed E-state index contributed by atoms with van der Waals surface area (Å²) in [5.74, 6) is 0.542. The third-order valence-electron chi connectivity index (χ3n) is 6.89. The minimum atomic E-state index is -0.226. The Hall–Kier alpha value is -3.08. The van der Waals surface area contributed by atoms with Crippen molar-refractivity contribution in [1.82, 2.24) is 4.90 Å². The van der Waals surface area contributed by atoms with Crippen LogP contribution < -0.4 is 9.80 Å². The van der Waals surface area contributed by atoms with Gasteiger partial charge in [-0.25, -0.2) is 4.90 Å². The van der Waals surface area contributed by atoms with Crippen molar-refractivity contribution in [3.05, 3.63) is 65.9 Å². The van der Waals surface area contributed by atoms with Crippen molar-refractivity contribution >= 4 is 28.8 Å². The summed E-state index contributed by atoms with van der Waals surface area (Å²) in [6.45, 7) is 8.18. The summed E-state index contributed by atoms with van der Waals surface area (Å²) in [6.07, 6.45) is 3.57. The number of anilines is 2. The average Bonchev–Trinajstić information content (AvgIpc) is 3.40. The van der Waals surface area contributed by atoms with Crippen LogP contribution in [0.4, 0.5) is 11.4 Å². The topological polar surface area (TPSA) is 43.9 Å². The maximum Gasteiger partial charge on any atom is 0.282 e. The molecular weight excluding hydrogens is 398 g/mol. The average molecular weight is 430 g/mol. The maximum atomic E-state index is 13.7. The number of carbonyl (C=O) groups excluding carboxylic acids is 2. The zero-order valence-corrected chi connectivity index (χ0v) is 19.0. The quantitative estimate of drug-likeness (QED) is 0.669. The number of likely N-dealkylation sites (tertiary alicyclic amines) is 1. The highest BCUT2D eigenvalue weighted by molar-refractivity contribution is 6.45. The van der Waals surface area contributed by atoms with E-state index in [0.29, 0.717) is 28.8 Å². The zero-order chi connectivity index (χ0) is 22.2. The van der Waals surface area contributed by atoms with E-state index in [1.54, 1.807) is 0 Å². The molecule has 3 aliphatic heterocycles. The van der Waals surface area contributed by atoms with E-state index in [-0.39, 0.29) is 11.8 Å². The lowest BCUT2D eigenvalue weighted by Crippen LogP contribution is -2.42. The molecule has 2 atom stereocenters. The Morgan fingerprint density at radius 3 is 1.94 bits per heavy atom. The van der Waals surface area contributed by atoms with Crippen LogP contribution in [0.1, 0.15) is 38.7 Å². The van der Waals surface area contributed by atoms with E-state index >= 15 is 0 Å². The van der Waals surface area contributed by atoms with Crippen molar-refractivity contribution in [2.75, 3.05) is 36.0 Å². The molecular formula is C27H31N3O2. The van der Waals surface area contributed by atoms with Crippen molar-refractivity contribution in [2.45, 2.75) is 33.1 Å². The standard InChI is InChI=1S/C27H31N3O2/c1-19-16-20(2)18-29(17-19)25-24(21-8-4-3-5-9-21)26(31)30(27(25)32)23-12-10-22(11-13-23)28-14-6-7-15-28/h3-5,8-13,19-20H,6-7,14-18H2,1-2H3. The van der Waals surface area contributed by atoms with Crippen LogP contribution in [-0.2, 0) is 9.59 Å². The molecule has 5 nitrogen and oxygen atoms in total. The Bertz CT molecular complexity index is 1030. The van der Waals surface area contributed by atoms with Gasteiger partial charge in [-0.15, -0.1) is 0 Å². The highest BCUT2D eigenvalue weighted by Crippen LogP contribution is 2.37. The number of piperidine rings is 1. The normalized spacial score (nSPS) is 24.1. The van der Waals surface area contributed by atoms with Gasteiger partial charge in [0.15, 0.2) is 0 Å². The number of benzene rings is 2. The summed E-state index contributed by atoms with van der Waals surface area (Å²) in [5.41, 5.74) is 3.69. The molecule has 0 N–H and O–H groups in total. The lowest BCUT2D eigenvalue weighted by molar-refractivity contribution is -0.120. The maximum absolute atomic E-state index is 13.7. The Balaban J connectivity index is 1.52. The van der Waals surface area contributed by atoms with Crippen molar-refractivity contribution in [3.63, 3.8) is 0 Å². The molecule has 2 amide bonds. The number of hydrogen-bond donors (Lipinski definition) is 0. The first-order valence-corrected chi connectivity index (χ1v) is 11.8. The Kier molecular flexibility index (Phi) is 5.50. The Labute approximate surface area is 190 Å². The molecule has 0 radical (unpaired) electrons. The molecule has 0 spiro atoms. The van der Waals surface area contributed by atoms with Crippen molar-refractivity contribution in [1.29, 1.82) is 0 Å². The van der Waals surface area contributed by atoms with E-state index in [0.717, 1.165) is 43.9 Å². The Morgan fingerprint density at radius 2 is 1.31 bits per heavy atom. The van der Waals surface area contributed by atoms with Gasteiger partial charge < -0.3 is 9.80 Å². The fraction of sp³-hybridized carbons (Fsp3) is 0.407. The minimum Gasteiger partial charge on any atom is -0.372 e. The third-order valence-corrected chi connectivity index (χ3v) is 6.89. The van der Waals surface area contributed by atoms with E-state index in [9.17, 15) is 9.59 Å². The van der Waals surface area contributed by atoms with Gasteiger partial charge in [-0.1, -0.05) is 44.2 Å². The predicted octanol–water partition coefficient (Wildman–Crippen LogP) is 4.55. The zero-order valence-electron chi connectivity index (χ0n) is 19.0. The largest absolute Gasteiger partial charge is 0.372 e. The smallest absolute Gasteiger partial charge is 0.282 e. The summed E-state index contributed by atoms with van der Waals surface area (Å²) < 4.78 is 0. The molecule has 2 saturated heterocycles. The van der Waals surface area contributed by atoms with Crippen LogP contribution in [0, 0.1) is 11.8 Å². The molecule has 2 fully saturated rings. The molecule has 0 aliphatic carbocycles. The van der Waals surface area contributed by atoms with Gasteiger partial charge >= 0.3 is 0 Å². The van der Waals surface area contributed by atoms with Crippen LogP contribution in [0.5, 0.6) is 0 Å². The van der Waals surface area contributed by atoms with Crippen LogP contribution in [0.15, 0.2) is 60.3 Å². The Morgan fingerprint density at radius 1 is 0.719 bits per heavy atom. The van der Waals surface area contributed by atoms with E-state index in [1.807, 2.05) is 54.6 Å². The molecule has 32 heavy (non-hydrogen) atoms. The van der Waals surface area contributed by atoms with E-state index in [2.05, 4.69) is 23.6 Å². The van der Waals surface area contributed by atoms with Crippen LogP contribution in [0.3, 0.4) is 0 Å². The summed E-state index contributed by atoms with van der Waals surface area (Å²) in [4.78, 5) is 33.3. The molecule has 5 rings (SSSR count). The van der Waals surface area contributed by atoms with Crippen LogP contribution in [0.2, 0.25) is 0 Å². The molecule has 3 heterocycles. The molecule has 2 unspecified atom stereocenters. The van der Waals surface area contributed by atoms with Gasteiger partial charge in [0.05, 0.1) is 11.3 Å². The molecule has 166 valence electrons. The molecule has 0 saturated carbocycles. The summed E-state index contributed by atoms with van der Waals surface area (Å²) in [5, 5.41) is 0. The first kappa shape index (κ1) is 20.8. The number of nitrogens with zero attached hydrogens (tertiary/aromatic N) is 3. The second kappa shape index (κ2) is 8.45. The second-order valence-corrected chi connectivity index (χ2v) is 9.60. The first-order chi connectivity index (χ1) is 15.5. The van der Waals surface area contributed by atoms with E-state index in [4.69, 9.17) is 0 Å². The van der Waals surface area contributed by atoms with Crippen LogP contribution >= 0.6 is 0 Å². The van der Waals surface area contributed by atoms with Gasteiger partial charge in [-0.2, -0.15) is 0 Å². The highest BCUT2D eigenvalue weighted by atomic mass is 16.2. The van der Waals surface area contributed by atoms with Gasteiger partial charge in [-0.05, 0) is 60.9 Å². The molecule has 2 aromatic rings. The van der Waals surface area contributed by atoms with Crippen molar-refractivity contribution in [2.24, 2.45) is 11.8 Å². The minimum absolute atomic E-state index is 0.205. The third kappa shape index (κ3) is 3.70. The lowest BCUT2D eigenvalue weighted by atomic mass is 9.91. The van der Waals surface area contributed by atoms with Gasteiger partial charge in [0.2, 0.25) is 0 Å². The van der Waals surface area contributed by atoms with E-state index in [1.165, 1.54) is 17.7 Å². The monoisotopic (exact) mass is 429 g/mol. The van der Waals surface area contributed by atoms with Crippen molar-refractivity contribution in [3.8, 4) is 0 Å². The van der Waals surface area contributed by atoms with Crippen molar-refractivity contribution < 1.29 is 9.59 Å². The molecule has 3 aliphatic rings. The van der Waals surface area contributed by atoms with Gasteiger partial charge in [-0.3, -0.25) is 9.59 Å². The number of amides is 2. The van der Waals surface area contributed by atoms with Crippen LogP contribution in [0.25, 0.3) is 5.57 Å². The highest BCUT2D eigenvalue weighted by Gasteiger charge is 2.43. The van der Waals surface area contributed by atoms with Crippen LogP contribution in [-0.4, -0.2) is 42.9 Å². The molecule has 0 aromatic heterocycles. The summed E-state index contributed by atoms with van der Waals surface area (Å²) >= 11 is 0. The number of rotatable bonds is 4. The summed E-state index contributed by atoms with van der Waals surface area (Å²) in [6, 6.07) is 17.5. The fourth-order valence-electron chi connectivity index (χ4n) is 5.54. The SMILES string of the molecule is CC1CC(C)CN(C2=C(c3ccccc3)C(=O)N(c3ccc(N4CCCC4)cc3)C2=O)C1. The summed E-state index contributed by atoms with van der Waals surface area (Å²) in [7, 11) is 0. The molecule has 0 bridgehead atoms. The molecule has 2 aromatic carbocycles. The predicted molar refractivity (Wildman–Crippen MR) is 128 cm³/mol. The van der Waals surface area contributed by atoms with Gasteiger partial charge in [0.25, 0.3) is 11.8 Å².